The van der Waals surface area contributed by atoms with Crippen molar-refractivity contribution in [3.8, 4) is 0 Å². The molecule has 5 aliphatic rings. The van der Waals surface area contributed by atoms with E-state index in [-0.39, 0.29) is 0 Å². The van der Waals surface area contributed by atoms with Crippen molar-refractivity contribution in [3.63, 3.8) is 0 Å². The topological polar surface area (TPSA) is 45.3 Å². The molecule has 2 aliphatic heterocycles. The molecule has 2 saturated heterocycles. The van der Waals surface area contributed by atoms with Gasteiger partial charge >= 0.3 is 0 Å². The minimum absolute atomic E-state index is 0.508. The Bertz CT molecular complexity index is 445. The lowest BCUT2D eigenvalue weighted by molar-refractivity contribution is 0.00310. The maximum Gasteiger partial charge on any atom is 0.0579 e. The van der Waals surface area contributed by atoms with E-state index in [0.717, 1.165) is 42.7 Å². The van der Waals surface area contributed by atoms with Crippen molar-refractivity contribution < 1.29 is 4.74 Å². The van der Waals surface area contributed by atoms with Gasteiger partial charge in [-0.05, 0) is 87.6 Å². The van der Waals surface area contributed by atoms with Crippen LogP contribution in [-0.2, 0) is 4.74 Å². The molecule has 0 aromatic carbocycles. The third-order valence-corrected chi connectivity index (χ3v) is 7.85. The molecule has 3 saturated carbocycles. The average molecular weight is 334 g/mol. The van der Waals surface area contributed by atoms with Crippen LogP contribution in [0.5, 0.6) is 0 Å². The van der Waals surface area contributed by atoms with Crippen molar-refractivity contribution in [1.29, 1.82) is 0 Å². The Morgan fingerprint density at radius 3 is 2.71 bits per heavy atom. The van der Waals surface area contributed by atoms with E-state index in [4.69, 9.17) is 4.74 Å². The molecule has 0 aromatic rings. The van der Waals surface area contributed by atoms with Crippen molar-refractivity contribution in [2.24, 2.45) is 29.6 Å². The zero-order chi connectivity index (χ0) is 15.9. The SMILES string of the molecule is C1CNC[C@H]2C[C@H]2C2CCCC(C2)C2NNC3CCC(CC32)OC1. The van der Waals surface area contributed by atoms with Crippen molar-refractivity contribution in [2.45, 2.75) is 76.0 Å². The van der Waals surface area contributed by atoms with Crippen LogP contribution in [0.25, 0.3) is 0 Å². The first kappa shape index (κ1) is 16.0. The summed E-state index contributed by atoms with van der Waals surface area (Å²) in [4.78, 5) is 0. The fraction of sp³-hybridized carbons (Fsp3) is 1.00. The molecule has 0 spiro atoms. The molecule has 5 rings (SSSR count). The van der Waals surface area contributed by atoms with E-state index < -0.39 is 0 Å². The van der Waals surface area contributed by atoms with Gasteiger partial charge in [-0.25, -0.2) is 0 Å². The summed E-state index contributed by atoms with van der Waals surface area (Å²) in [5, 5.41) is 3.70. The van der Waals surface area contributed by atoms with Gasteiger partial charge in [-0.15, -0.1) is 0 Å². The molecule has 4 nitrogen and oxygen atoms in total. The Morgan fingerprint density at radius 1 is 0.750 bits per heavy atom. The molecule has 8 atom stereocenters. The van der Waals surface area contributed by atoms with E-state index >= 15 is 0 Å². The summed E-state index contributed by atoms with van der Waals surface area (Å²) >= 11 is 0. The van der Waals surface area contributed by atoms with Crippen LogP contribution >= 0.6 is 0 Å². The van der Waals surface area contributed by atoms with Crippen LogP contribution in [0, 0.1) is 29.6 Å². The van der Waals surface area contributed by atoms with Crippen molar-refractivity contribution >= 4 is 0 Å². The van der Waals surface area contributed by atoms with Crippen LogP contribution in [0.3, 0.4) is 0 Å². The van der Waals surface area contributed by atoms with Crippen molar-refractivity contribution in [1.82, 2.24) is 16.2 Å². The number of rotatable bonds is 0. The maximum absolute atomic E-state index is 6.26. The van der Waals surface area contributed by atoms with Crippen LogP contribution in [0.1, 0.15) is 57.8 Å². The predicted molar refractivity (Wildman–Crippen MR) is 95.5 cm³/mol. The second kappa shape index (κ2) is 6.86. The van der Waals surface area contributed by atoms with Gasteiger partial charge in [0.1, 0.15) is 0 Å². The van der Waals surface area contributed by atoms with Gasteiger partial charge in [-0.1, -0.05) is 12.8 Å². The van der Waals surface area contributed by atoms with Crippen molar-refractivity contribution in [2.75, 3.05) is 19.7 Å². The van der Waals surface area contributed by atoms with E-state index in [1.54, 1.807) is 0 Å². The highest BCUT2D eigenvalue weighted by atomic mass is 16.5. The van der Waals surface area contributed by atoms with Crippen molar-refractivity contribution in [3.05, 3.63) is 0 Å². The summed E-state index contributed by atoms with van der Waals surface area (Å²) in [6.07, 6.45) is 12.9. The summed E-state index contributed by atoms with van der Waals surface area (Å²) in [6, 6.07) is 1.39. The first-order valence-corrected chi connectivity index (χ1v) is 10.7. The molecule has 3 aliphatic carbocycles. The average Bonchev–Trinajstić information content (AvgIpc) is 3.27. The van der Waals surface area contributed by atoms with Gasteiger partial charge in [-0.3, -0.25) is 10.9 Å². The van der Waals surface area contributed by atoms with E-state index in [0.29, 0.717) is 18.2 Å². The molecular formula is C20H35N3O. The quantitative estimate of drug-likeness (QED) is 0.637. The number of fused-ring (bicyclic) bond motifs is 6. The van der Waals surface area contributed by atoms with Crippen LogP contribution in [0.2, 0.25) is 0 Å². The molecule has 5 fully saturated rings. The molecule has 3 N–H and O–H groups in total. The zero-order valence-corrected chi connectivity index (χ0v) is 15.0. The summed E-state index contributed by atoms with van der Waals surface area (Å²) in [6.45, 7) is 3.34. The fourth-order valence-corrected chi connectivity index (χ4v) is 6.47. The second-order valence-electron chi connectivity index (χ2n) is 9.29. The van der Waals surface area contributed by atoms with E-state index in [2.05, 4.69) is 16.2 Å². The maximum atomic E-state index is 6.26. The Hall–Kier alpha value is -0.160. The Labute approximate surface area is 146 Å². The van der Waals surface area contributed by atoms with Gasteiger partial charge in [0.15, 0.2) is 0 Å². The predicted octanol–water partition coefficient (Wildman–Crippen LogP) is 2.45. The summed E-state index contributed by atoms with van der Waals surface area (Å²) in [5.74, 6) is 4.71. The number of hydrogen-bond acceptors (Lipinski definition) is 4. The minimum Gasteiger partial charge on any atom is -0.378 e. The molecule has 24 heavy (non-hydrogen) atoms. The molecule has 0 aromatic heterocycles. The Morgan fingerprint density at radius 2 is 1.71 bits per heavy atom. The lowest BCUT2D eigenvalue weighted by Crippen LogP contribution is -2.42. The van der Waals surface area contributed by atoms with Gasteiger partial charge in [0.2, 0.25) is 0 Å². The molecule has 4 heteroatoms. The highest BCUT2D eigenvalue weighted by Gasteiger charge is 2.48. The zero-order valence-electron chi connectivity index (χ0n) is 15.0. The van der Waals surface area contributed by atoms with E-state index in [1.165, 1.54) is 64.3 Å². The molecule has 0 radical (unpaired) electrons. The lowest BCUT2D eigenvalue weighted by atomic mass is 9.69. The van der Waals surface area contributed by atoms with Gasteiger partial charge in [0, 0.05) is 18.7 Å². The van der Waals surface area contributed by atoms with Crippen LogP contribution in [-0.4, -0.2) is 37.9 Å². The van der Waals surface area contributed by atoms with Crippen LogP contribution < -0.4 is 16.2 Å². The number of ether oxygens (including phenoxy) is 1. The molecule has 0 amide bonds. The number of hydrogen-bond donors (Lipinski definition) is 3. The minimum atomic E-state index is 0.508. The highest BCUT2D eigenvalue weighted by Crippen LogP contribution is 2.51. The Balaban J connectivity index is 1.32. The molecule has 2 heterocycles. The smallest absolute Gasteiger partial charge is 0.0579 e. The summed E-state index contributed by atoms with van der Waals surface area (Å²) < 4.78 is 6.26. The largest absolute Gasteiger partial charge is 0.378 e. The first-order valence-electron chi connectivity index (χ1n) is 10.7. The molecule has 6 unspecified atom stereocenters. The monoisotopic (exact) mass is 333 g/mol. The molecular weight excluding hydrogens is 298 g/mol. The van der Waals surface area contributed by atoms with Gasteiger partial charge in [0.25, 0.3) is 0 Å². The molecule has 136 valence electrons. The first-order chi connectivity index (χ1) is 11.9. The van der Waals surface area contributed by atoms with Crippen LogP contribution in [0.15, 0.2) is 0 Å². The summed E-state index contributed by atoms with van der Waals surface area (Å²) in [7, 11) is 0. The molecule has 4 bridgehead atoms. The summed E-state index contributed by atoms with van der Waals surface area (Å²) in [5.41, 5.74) is 7.40. The number of nitrogens with one attached hydrogen (secondary N) is 3. The third-order valence-electron chi connectivity index (χ3n) is 7.85. The van der Waals surface area contributed by atoms with E-state index in [9.17, 15) is 0 Å². The Kier molecular flexibility index (Phi) is 4.59. The fourth-order valence-electron chi connectivity index (χ4n) is 6.47. The standard InChI is InChI=1S/C20H35N3O/c1-3-13-9-14(4-1)20-18-11-16(5-6-19(18)22-23-20)24-8-2-7-21-12-15-10-17(13)15/h13-23H,1-12H2/t13?,14?,15-,16?,17+,18?,19?,20?/m1/s1. The lowest BCUT2D eigenvalue weighted by Gasteiger charge is -2.39. The highest BCUT2D eigenvalue weighted by molar-refractivity contribution is 5.01. The van der Waals surface area contributed by atoms with Gasteiger partial charge in [-0.2, -0.15) is 0 Å². The van der Waals surface area contributed by atoms with Gasteiger partial charge in [0.05, 0.1) is 6.10 Å². The van der Waals surface area contributed by atoms with Gasteiger partial charge < -0.3 is 10.1 Å². The third kappa shape index (κ3) is 3.15. The number of hydrazine groups is 1. The van der Waals surface area contributed by atoms with Crippen LogP contribution in [0.4, 0.5) is 0 Å². The van der Waals surface area contributed by atoms with E-state index in [1.807, 2.05) is 0 Å². The normalized spacial score (nSPS) is 52.0. The second-order valence-corrected chi connectivity index (χ2v) is 9.29.